The predicted octanol–water partition coefficient (Wildman–Crippen LogP) is 0.187. The maximum atomic E-state index is 11.6. The number of nitrogens with one attached hydrogen (secondary N) is 1. The second-order valence-electron chi connectivity index (χ2n) is 3.58. The summed E-state index contributed by atoms with van der Waals surface area (Å²) in [5.41, 5.74) is 4.87. The Hall–Kier alpha value is -1.17. The molecule has 0 unspecified atom stereocenters. The van der Waals surface area contributed by atoms with Crippen molar-refractivity contribution in [3.8, 4) is 0 Å². The van der Waals surface area contributed by atoms with Gasteiger partial charge in [-0.1, -0.05) is 0 Å². The highest BCUT2D eigenvalue weighted by atomic mass is 32.2. The Morgan fingerprint density at radius 2 is 2.07 bits per heavy atom. The summed E-state index contributed by atoms with van der Waals surface area (Å²) in [5.74, 6) is 2.34. The molecule has 1 aliphatic rings. The minimum absolute atomic E-state index is 0.135. The van der Waals surface area contributed by atoms with Gasteiger partial charge < -0.3 is 5.73 Å². The average Bonchev–Trinajstić information content (AvgIpc) is 2.17. The van der Waals surface area contributed by atoms with Gasteiger partial charge in [0.15, 0.2) is 0 Å². The fourth-order valence-electron chi connectivity index (χ4n) is 1.84. The number of thioether (sulfide) groups is 1. The molecule has 5 nitrogen and oxygen atoms in total. The van der Waals surface area contributed by atoms with Gasteiger partial charge in [-0.25, -0.2) is 4.79 Å². The number of anilines is 1. The van der Waals surface area contributed by atoms with E-state index in [0.717, 1.165) is 24.3 Å². The monoisotopic (exact) mass is 227 g/mol. The first-order valence-electron chi connectivity index (χ1n) is 4.87. The van der Waals surface area contributed by atoms with E-state index in [1.165, 1.54) is 10.6 Å². The number of aromatic nitrogens is 2. The van der Waals surface area contributed by atoms with Crippen molar-refractivity contribution in [3.05, 3.63) is 26.9 Å². The van der Waals surface area contributed by atoms with Crippen molar-refractivity contribution in [1.29, 1.82) is 0 Å². The van der Waals surface area contributed by atoms with E-state index in [2.05, 4.69) is 4.98 Å². The van der Waals surface area contributed by atoms with Crippen molar-refractivity contribution in [1.82, 2.24) is 9.55 Å². The summed E-state index contributed by atoms with van der Waals surface area (Å²) in [4.78, 5) is 24.8. The van der Waals surface area contributed by atoms with Crippen LogP contribution in [0.3, 0.4) is 0 Å². The first-order valence-corrected chi connectivity index (χ1v) is 6.03. The number of nitrogens with zero attached hydrogens (tertiary/aromatic N) is 1. The summed E-state index contributed by atoms with van der Waals surface area (Å²) < 4.78 is 1.50. The van der Waals surface area contributed by atoms with Crippen molar-refractivity contribution in [2.24, 2.45) is 0 Å². The number of hydrogen-bond donors (Lipinski definition) is 2. The van der Waals surface area contributed by atoms with Gasteiger partial charge in [-0.2, -0.15) is 11.8 Å². The number of rotatable bonds is 1. The molecule has 0 saturated carbocycles. The quantitative estimate of drug-likeness (QED) is 0.717. The molecule has 1 saturated heterocycles. The molecule has 2 rings (SSSR count). The van der Waals surface area contributed by atoms with E-state index in [1.54, 1.807) is 0 Å². The maximum Gasteiger partial charge on any atom is 0.330 e. The highest BCUT2D eigenvalue weighted by Gasteiger charge is 2.18. The summed E-state index contributed by atoms with van der Waals surface area (Å²) in [7, 11) is 0. The molecule has 0 aromatic carbocycles. The molecule has 2 heterocycles. The number of nitrogen functional groups attached to an aromatic ring is 1. The molecule has 1 aromatic rings. The van der Waals surface area contributed by atoms with Crippen LogP contribution in [-0.4, -0.2) is 21.1 Å². The lowest BCUT2D eigenvalue weighted by molar-refractivity contribution is 0.454. The summed E-state index contributed by atoms with van der Waals surface area (Å²) in [6, 6.07) is 1.40. The SMILES string of the molecule is Nc1cc(=O)[nH]c(=O)n1C1CCSCC1. The van der Waals surface area contributed by atoms with Crippen LogP contribution in [0.1, 0.15) is 18.9 Å². The summed E-state index contributed by atoms with van der Waals surface area (Å²) >= 11 is 1.88. The maximum absolute atomic E-state index is 11.6. The van der Waals surface area contributed by atoms with Crippen LogP contribution in [0.25, 0.3) is 0 Å². The van der Waals surface area contributed by atoms with E-state index >= 15 is 0 Å². The first kappa shape index (κ1) is 10.4. The van der Waals surface area contributed by atoms with Crippen molar-refractivity contribution >= 4 is 17.6 Å². The van der Waals surface area contributed by atoms with Gasteiger partial charge in [0.05, 0.1) is 0 Å². The molecule has 0 atom stereocenters. The predicted molar refractivity (Wildman–Crippen MR) is 61.3 cm³/mol. The Kier molecular flexibility index (Phi) is 2.86. The molecule has 82 valence electrons. The van der Waals surface area contributed by atoms with E-state index in [0.29, 0.717) is 0 Å². The lowest BCUT2D eigenvalue weighted by Crippen LogP contribution is -2.35. The Bertz CT molecular complexity index is 459. The average molecular weight is 227 g/mol. The molecule has 0 aliphatic carbocycles. The molecular weight excluding hydrogens is 214 g/mol. The number of H-pyrrole nitrogens is 1. The highest BCUT2D eigenvalue weighted by molar-refractivity contribution is 7.99. The van der Waals surface area contributed by atoms with Crippen LogP contribution in [0.15, 0.2) is 15.7 Å². The van der Waals surface area contributed by atoms with E-state index in [-0.39, 0.29) is 11.9 Å². The smallest absolute Gasteiger partial charge is 0.330 e. The second-order valence-corrected chi connectivity index (χ2v) is 4.80. The molecule has 6 heteroatoms. The molecule has 1 fully saturated rings. The minimum Gasteiger partial charge on any atom is -0.385 e. The Morgan fingerprint density at radius 1 is 1.40 bits per heavy atom. The standard InChI is InChI=1S/C9H13N3O2S/c10-7-5-8(13)11-9(14)12(7)6-1-3-15-4-2-6/h5-6H,1-4,10H2,(H,11,13,14). The van der Waals surface area contributed by atoms with Gasteiger partial charge in [0.25, 0.3) is 5.56 Å². The fraction of sp³-hybridized carbons (Fsp3) is 0.556. The van der Waals surface area contributed by atoms with Crippen molar-refractivity contribution in [3.63, 3.8) is 0 Å². The number of hydrogen-bond acceptors (Lipinski definition) is 4. The van der Waals surface area contributed by atoms with E-state index in [4.69, 9.17) is 5.73 Å². The zero-order valence-electron chi connectivity index (χ0n) is 8.23. The van der Waals surface area contributed by atoms with E-state index in [9.17, 15) is 9.59 Å². The second kappa shape index (κ2) is 4.14. The Labute approximate surface area is 90.7 Å². The fourth-order valence-corrected chi connectivity index (χ4v) is 2.92. The topological polar surface area (TPSA) is 80.9 Å². The van der Waals surface area contributed by atoms with Crippen LogP contribution >= 0.6 is 11.8 Å². The first-order chi connectivity index (χ1) is 7.18. The highest BCUT2D eigenvalue weighted by Crippen LogP contribution is 2.26. The number of nitrogens with two attached hydrogens (primary N) is 1. The van der Waals surface area contributed by atoms with Crippen LogP contribution in [0.4, 0.5) is 5.82 Å². The summed E-state index contributed by atoms with van der Waals surface area (Å²) in [6.45, 7) is 0. The van der Waals surface area contributed by atoms with Gasteiger partial charge in [-0.15, -0.1) is 0 Å². The zero-order valence-corrected chi connectivity index (χ0v) is 9.05. The molecular formula is C9H13N3O2S. The van der Waals surface area contributed by atoms with Crippen molar-refractivity contribution in [2.45, 2.75) is 18.9 Å². The largest absolute Gasteiger partial charge is 0.385 e. The molecule has 3 N–H and O–H groups in total. The van der Waals surface area contributed by atoms with Crippen LogP contribution in [0.2, 0.25) is 0 Å². The number of aromatic amines is 1. The van der Waals surface area contributed by atoms with E-state index < -0.39 is 11.2 Å². The van der Waals surface area contributed by atoms with E-state index in [1.807, 2.05) is 11.8 Å². The Balaban J connectivity index is 2.42. The van der Waals surface area contributed by atoms with Crippen LogP contribution < -0.4 is 17.0 Å². The zero-order chi connectivity index (χ0) is 10.8. The molecule has 0 spiro atoms. The van der Waals surface area contributed by atoms with Gasteiger partial charge >= 0.3 is 5.69 Å². The molecule has 1 aliphatic heterocycles. The normalized spacial score (nSPS) is 17.9. The molecule has 1 aromatic heterocycles. The van der Waals surface area contributed by atoms with Crippen LogP contribution in [-0.2, 0) is 0 Å². The van der Waals surface area contributed by atoms with Crippen molar-refractivity contribution < 1.29 is 0 Å². The van der Waals surface area contributed by atoms with Gasteiger partial charge in [0.2, 0.25) is 0 Å². The third-order valence-electron chi connectivity index (χ3n) is 2.56. The van der Waals surface area contributed by atoms with Crippen LogP contribution in [0, 0.1) is 0 Å². The van der Waals surface area contributed by atoms with Gasteiger partial charge in [-0.3, -0.25) is 14.3 Å². The summed E-state index contributed by atoms with van der Waals surface area (Å²) in [6.07, 6.45) is 1.86. The molecule has 0 bridgehead atoms. The lowest BCUT2D eigenvalue weighted by Gasteiger charge is -2.24. The third-order valence-corrected chi connectivity index (χ3v) is 3.61. The minimum atomic E-state index is -0.432. The van der Waals surface area contributed by atoms with Gasteiger partial charge in [0.1, 0.15) is 5.82 Å². The molecule has 0 amide bonds. The van der Waals surface area contributed by atoms with Gasteiger partial charge in [-0.05, 0) is 24.3 Å². The van der Waals surface area contributed by atoms with Crippen LogP contribution in [0.5, 0.6) is 0 Å². The third kappa shape index (κ3) is 2.09. The molecule has 0 radical (unpaired) electrons. The van der Waals surface area contributed by atoms with Crippen molar-refractivity contribution in [2.75, 3.05) is 17.2 Å². The lowest BCUT2D eigenvalue weighted by atomic mass is 10.1. The summed E-state index contributed by atoms with van der Waals surface area (Å²) in [5, 5.41) is 0. The Morgan fingerprint density at radius 3 is 2.67 bits per heavy atom. The van der Waals surface area contributed by atoms with Gasteiger partial charge in [0, 0.05) is 12.1 Å². The molecule has 15 heavy (non-hydrogen) atoms.